The van der Waals surface area contributed by atoms with Crippen LogP contribution in [0.5, 0.6) is 0 Å². The second-order valence-electron chi connectivity index (χ2n) is 12.6. The van der Waals surface area contributed by atoms with Crippen molar-refractivity contribution in [2.24, 2.45) is 0 Å². The van der Waals surface area contributed by atoms with Crippen LogP contribution in [0.2, 0.25) is 0 Å². The molecule has 0 N–H and O–H groups in total. The second-order valence-corrected chi connectivity index (χ2v) is 13.7. The van der Waals surface area contributed by atoms with Crippen LogP contribution in [0.1, 0.15) is 0 Å². The molecule has 3 heterocycles. The van der Waals surface area contributed by atoms with Crippen molar-refractivity contribution in [3.63, 3.8) is 0 Å². The fourth-order valence-electron chi connectivity index (χ4n) is 7.38. The molecule has 0 fully saturated rings. The molecular weight excluding hydrogens is 627 g/mol. The maximum absolute atomic E-state index is 5.21. The number of benzene rings is 7. The maximum atomic E-state index is 5.21. The minimum Gasteiger partial charge on any atom is -0.309 e. The number of fused-ring (bicyclic) bond motifs is 6. The van der Waals surface area contributed by atoms with E-state index in [0.29, 0.717) is 0 Å². The van der Waals surface area contributed by atoms with Gasteiger partial charge in [0.25, 0.3) is 0 Å². The van der Waals surface area contributed by atoms with Gasteiger partial charge in [-0.1, -0.05) is 127 Å². The highest BCUT2D eigenvalue weighted by atomic mass is 32.1. The molecule has 10 rings (SSSR count). The molecule has 0 saturated carbocycles. The smallest absolute Gasteiger partial charge is 0.161 e. The van der Waals surface area contributed by atoms with Crippen LogP contribution in [0.3, 0.4) is 0 Å². The quantitative estimate of drug-likeness (QED) is 0.185. The first kappa shape index (κ1) is 28.6. The summed E-state index contributed by atoms with van der Waals surface area (Å²) in [6.07, 6.45) is 0. The molecule has 0 amide bonds. The predicted octanol–water partition coefficient (Wildman–Crippen LogP) is 12.6. The molecule has 0 aliphatic carbocycles. The summed E-state index contributed by atoms with van der Waals surface area (Å²) in [6.45, 7) is 0. The van der Waals surface area contributed by atoms with Crippen LogP contribution in [-0.4, -0.2) is 14.5 Å². The maximum Gasteiger partial charge on any atom is 0.161 e. The third kappa shape index (κ3) is 4.65. The summed E-state index contributed by atoms with van der Waals surface area (Å²) in [5.41, 5.74) is 11.0. The monoisotopic (exact) mass is 655 g/mol. The second kappa shape index (κ2) is 11.7. The van der Waals surface area contributed by atoms with Gasteiger partial charge in [0.2, 0.25) is 0 Å². The van der Waals surface area contributed by atoms with Crippen molar-refractivity contribution in [2.45, 2.75) is 0 Å². The van der Waals surface area contributed by atoms with Gasteiger partial charge in [0, 0.05) is 53.3 Å². The molecule has 0 spiro atoms. The van der Waals surface area contributed by atoms with E-state index < -0.39 is 0 Å². The highest BCUT2D eigenvalue weighted by molar-refractivity contribution is 7.26. The average molecular weight is 656 g/mol. The summed E-state index contributed by atoms with van der Waals surface area (Å²) in [4.78, 5) is 10.4. The first-order valence-electron chi connectivity index (χ1n) is 16.8. The summed E-state index contributed by atoms with van der Waals surface area (Å²) in [6, 6.07) is 62.4. The molecule has 50 heavy (non-hydrogen) atoms. The van der Waals surface area contributed by atoms with Gasteiger partial charge < -0.3 is 4.57 Å². The lowest BCUT2D eigenvalue weighted by molar-refractivity contribution is 1.18. The fourth-order valence-corrected chi connectivity index (χ4v) is 8.49. The summed E-state index contributed by atoms with van der Waals surface area (Å²) in [5.74, 6) is 0.731. The molecule has 0 aliphatic rings. The lowest BCUT2D eigenvalue weighted by atomic mass is 9.97. The van der Waals surface area contributed by atoms with Gasteiger partial charge in [-0.15, -0.1) is 11.3 Å². The lowest BCUT2D eigenvalue weighted by Gasteiger charge is -2.11. The Bertz CT molecular complexity index is 2800. The summed E-state index contributed by atoms with van der Waals surface area (Å²) in [7, 11) is 0. The van der Waals surface area contributed by atoms with Gasteiger partial charge >= 0.3 is 0 Å². The molecule has 0 saturated heterocycles. The third-order valence-corrected chi connectivity index (χ3v) is 10.8. The van der Waals surface area contributed by atoms with E-state index >= 15 is 0 Å². The Balaban J connectivity index is 1.21. The zero-order valence-corrected chi connectivity index (χ0v) is 27.8. The van der Waals surface area contributed by atoms with Gasteiger partial charge in [0.05, 0.1) is 22.4 Å². The molecular formula is C46H29N3S. The van der Waals surface area contributed by atoms with Gasteiger partial charge in [-0.2, -0.15) is 0 Å². The van der Waals surface area contributed by atoms with Crippen LogP contribution in [0.15, 0.2) is 176 Å². The van der Waals surface area contributed by atoms with Crippen molar-refractivity contribution in [3.8, 4) is 50.7 Å². The van der Waals surface area contributed by atoms with Crippen molar-refractivity contribution < 1.29 is 0 Å². The van der Waals surface area contributed by atoms with E-state index in [1.165, 1.54) is 53.1 Å². The van der Waals surface area contributed by atoms with E-state index in [4.69, 9.17) is 9.97 Å². The molecule has 3 aromatic heterocycles. The molecule has 7 aromatic carbocycles. The number of hydrogen-bond donors (Lipinski definition) is 0. The predicted molar refractivity (Wildman–Crippen MR) is 211 cm³/mol. The van der Waals surface area contributed by atoms with Crippen molar-refractivity contribution in [2.75, 3.05) is 0 Å². The first-order valence-corrected chi connectivity index (χ1v) is 17.7. The largest absolute Gasteiger partial charge is 0.309 e. The Labute approximate surface area is 293 Å². The average Bonchev–Trinajstić information content (AvgIpc) is 3.74. The van der Waals surface area contributed by atoms with E-state index in [0.717, 1.165) is 39.6 Å². The molecule has 0 bridgehead atoms. The Hall–Kier alpha value is -6.36. The van der Waals surface area contributed by atoms with Gasteiger partial charge in [0.15, 0.2) is 5.82 Å². The number of nitrogens with zero attached hydrogens (tertiary/aromatic N) is 3. The Morgan fingerprint density at radius 1 is 0.400 bits per heavy atom. The topological polar surface area (TPSA) is 30.7 Å². The Morgan fingerprint density at radius 3 is 1.76 bits per heavy atom. The van der Waals surface area contributed by atoms with Crippen molar-refractivity contribution >= 4 is 53.3 Å². The molecule has 0 radical (unpaired) electrons. The van der Waals surface area contributed by atoms with Gasteiger partial charge in [-0.25, -0.2) is 9.97 Å². The lowest BCUT2D eigenvalue weighted by Crippen LogP contribution is -1.96. The number of rotatable bonds is 5. The van der Waals surface area contributed by atoms with Crippen LogP contribution in [0.25, 0.3) is 92.7 Å². The molecule has 0 aliphatic heterocycles. The molecule has 4 heteroatoms. The summed E-state index contributed by atoms with van der Waals surface area (Å²) >= 11 is 1.82. The Kier molecular flexibility index (Phi) is 6.68. The first-order chi connectivity index (χ1) is 24.8. The van der Waals surface area contributed by atoms with Gasteiger partial charge in [-0.3, -0.25) is 0 Å². The SMILES string of the molecule is c1ccc(-c2cc(-c3ccccc3)nc(-c3cccc4sc5ccc(-c6cccc7c6c6ccccc6n7-c6ccccc6)cc5c34)n2)cc1. The number of thiophene rings is 1. The highest BCUT2D eigenvalue weighted by Crippen LogP contribution is 2.44. The van der Waals surface area contributed by atoms with E-state index in [2.05, 4.69) is 168 Å². The van der Waals surface area contributed by atoms with Crippen LogP contribution < -0.4 is 0 Å². The summed E-state index contributed by atoms with van der Waals surface area (Å²) in [5, 5.41) is 4.92. The number of aromatic nitrogens is 3. The summed E-state index contributed by atoms with van der Waals surface area (Å²) < 4.78 is 4.85. The molecule has 3 nitrogen and oxygen atoms in total. The normalized spacial score (nSPS) is 11.6. The van der Waals surface area contributed by atoms with Crippen molar-refractivity contribution in [3.05, 3.63) is 176 Å². The van der Waals surface area contributed by atoms with Crippen LogP contribution >= 0.6 is 11.3 Å². The van der Waals surface area contributed by atoms with E-state index in [1.807, 2.05) is 23.5 Å². The molecule has 234 valence electrons. The number of hydrogen-bond acceptors (Lipinski definition) is 3. The third-order valence-electron chi connectivity index (χ3n) is 9.62. The van der Waals surface area contributed by atoms with Crippen molar-refractivity contribution in [1.29, 1.82) is 0 Å². The minimum absolute atomic E-state index is 0.731. The zero-order valence-electron chi connectivity index (χ0n) is 27.0. The van der Waals surface area contributed by atoms with Crippen LogP contribution in [0, 0.1) is 0 Å². The molecule has 0 unspecified atom stereocenters. The van der Waals surface area contributed by atoms with Crippen LogP contribution in [0.4, 0.5) is 0 Å². The standard InChI is InChI=1S/C46H29N3S/c1-4-14-30(15-5-1)38-29-39(31-16-6-2-7-17-31)48-46(47-38)36-22-13-25-43-45(36)37-28-32(26-27-42(37)50-43)34-21-12-24-41-44(34)35-20-10-11-23-40(35)49(41)33-18-8-3-9-19-33/h1-29H. The van der Waals surface area contributed by atoms with E-state index in [9.17, 15) is 0 Å². The van der Waals surface area contributed by atoms with Gasteiger partial charge in [0.1, 0.15) is 0 Å². The minimum atomic E-state index is 0.731. The highest BCUT2D eigenvalue weighted by Gasteiger charge is 2.19. The Morgan fingerprint density at radius 2 is 1.02 bits per heavy atom. The molecule has 0 atom stereocenters. The zero-order chi connectivity index (χ0) is 33.0. The van der Waals surface area contributed by atoms with E-state index in [1.54, 1.807) is 0 Å². The van der Waals surface area contributed by atoms with Gasteiger partial charge in [-0.05, 0) is 59.7 Å². The molecule has 10 aromatic rings. The van der Waals surface area contributed by atoms with Crippen LogP contribution in [-0.2, 0) is 0 Å². The number of para-hydroxylation sites is 2. The van der Waals surface area contributed by atoms with Crippen molar-refractivity contribution in [1.82, 2.24) is 14.5 Å². The van der Waals surface area contributed by atoms with E-state index in [-0.39, 0.29) is 0 Å². The fraction of sp³-hybridized carbons (Fsp3) is 0.